The van der Waals surface area contributed by atoms with E-state index in [4.69, 9.17) is 10.00 Å². The van der Waals surface area contributed by atoms with Gasteiger partial charge in [-0.05, 0) is 37.7 Å². The number of carbonyl (C=O) groups excluding carboxylic acids is 2. The van der Waals surface area contributed by atoms with Gasteiger partial charge in [-0.15, -0.1) is 11.3 Å². The van der Waals surface area contributed by atoms with E-state index in [-0.39, 0.29) is 12.5 Å². The van der Waals surface area contributed by atoms with E-state index in [1.54, 1.807) is 0 Å². The zero-order chi connectivity index (χ0) is 15.2. The molecule has 0 aromatic carbocycles. The Balaban J connectivity index is 2.19. The Morgan fingerprint density at radius 1 is 1.38 bits per heavy atom. The van der Waals surface area contributed by atoms with Crippen molar-refractivity contribution in [2.75, 3.05) is 11.9 Å². The first kappa shape index (κ1) is 15.5. The van der Waals surface area contributed by atoms with Gasteiger partial charge in [-0.1, -0.05) is 0 Å². The van der Waals surface area contributed by atoms with Crippen LogP contribution in [0.1, 0.15) is 53.4 Å². The fraction of sp³-hybridized carbons (Fsp3) is 0.533. The van der Waals surface area contributed by atoms with Gasteiger partial charge in [0.1, 0.15) is 5.00 Å². The third kappa shape index (κ3) is 3.82. The minimum atomic E-state index is -0.393. The number of unbranched alkanes of at least 4 members (excludes halogenated alkanes) is 1. The predicted molar refractivity (Wildman–Crippen MR) is 80.4 cm³/mol. The molecular weight excluding hydrogens is 288 g/mol. The molecule has 1 aromatic rings. The summed E-state index contributed by atoms with van der Waals surface area (Å²) in [5.41, 5.74) is 1.54. The highest BCUT2D eigenvalue weighted by Gasteiger charge is 2.26. The number of hydrogen-bond acceptors (Lipinski definition) is 5. The number of fused-ring (bicyclic) bond motifs is 1. The van der Waals surface area contributed by atoms with Gasteiger partial charge in [0.2, 0.25) is 5.91 Å². The van der Waals surface area contributed by atoms with E-state index in [2.05, 4.69) is 5.32 Å². The summed E-state index contributed by atoms with van der Waals surface area (Å²) in [4.78, 5) is 24.8. The van der Waals surface area contributed by atoms with Gasteiger partial charge in [0.05, 0.1) is 18.2 Å². The third-order valence-electron chi connectivity index (χ3n) is 3.33. The van der Waals surface area contributed by atoms with E-state index in [1.165, 1.54) is 23.1 Å². The van der Waals surface area contributed by atoms with E-state index in [0.717, 1.165) is 31.2 Å². The Bertz CT molecular complexity index is 586. The summed E-state index contributed by atoms with van der Waals surface area (Å²) in [6, 6.07) is 2.02. The lowest BCUT2D eigenvalue weighted by Crippen LogP contribution is -2.14. The Morgan fingerprint density at radius 2 is 2.14 bits per heavy atom. The van der Waals surface area contributed by atoms with Crippen LogP contribution in [0.4, 0.5) is 5.00 Å². The molecule has 0 radical (unpaired) electrons. The quantitative estimate of drug-likeness (QED) is 0.670. The van der Waals surface area contributed by atoms with Crippen molar-refractivity contribution in [2.24, 2.45) is 0 Å². The third-order valence-corrected chi connectivity index (χ3v) is 4.54. The first-order valence-electron chi connectivity index (χ1n) is 7.09. The summed E-state index contributed by atoms with van der Waals surface area (Å²) in [6.45, 7) is 1.66. The fourth-order valence-corrected chi connectivity index (χ4v) is 3.74. The molecule has 0 spiro atoms. The van der Waals surface area contributed by atoms with Gasteiger partial charge in [0, 0.05) is 18.2 Å². The second-order valence-electron chi connectivity index (χ2n) is 4.99. The summed E-state index contributed by atoms with van der Waals surface area (Å²) >= 11 is 1.48. The molecule has 1 N–H and O–H groups in total. The van der Waals surface area contributed by atoms with Crippen molar-refractivity contribution in [2.45, 2.75) is 45.4 Å². The maximum Gasteiger partial charge on any atom is 0.341 e. The van der Waals surface area contributed by atoms with Crippen molar-refractivity contribution in [3.8, 4) is 6.07 Å². The van der Waals surface area contributed by atoms with Crippen LogP contribution >= 0.6 is 11.3 Å². The molecule has 112 valence electrons. The number of rotatable bonds is 5. The molecule has 0 saturated heterocycles. The summed E-state index contributed by atoms with van der Waals surface area (Å²) in [6.07, 6.45) is 4.88. The average Bonchev–Trinajstić information content (AvgIpc) is 2.80. The maximum absolute atomic E-state index is 12.3. The molecule has 1 aliphatic carbocycles. The molecule has 0 fully saturated rings. The summed E-state index contributed by atoms with van der Waals surface area (Å²) in [7, 11) is 0. The Kier molecular flexibility index (Phi) is 5.34. The molecule has 0 saturated carbocycles. The average molecular weight is 306 g/mol. The molecular formula is C15H18N2O3S. The molecule has 2 rings (SSSR count). The number of thiophene rings is 1. The second kappa shape index (κ2) is 7.23. The number of esters is 1. The van der Waals surface area contributed by atoms with Crippen molar-refractivity contribution in [3.05, 3.63) is 16.0 Å². The van der Waals surface area contributed by atoms with Gasteiger partial charge in [0.25, 0.3) is 0 Å². The molecule has 1 amide bonds. The monoisotopic (exact) mass is 306 g/mol. The number of aryl methyl sites for hydroxylation is 1. The highest BCUT2D eigenvalue weighted by molar-refractivity contribution is 7.17. The van der Waals surface area contributed by atoms with E-state index >= 15 is 0 Å². The van der Waals surface area contributed by atoms with Crippen LogP contribution in [-0.2, 0) is 22.4 Å². The zero-order valence-corrected chi connectivity index (χ0v) is 12.8. The smallest absolute Gasteiger partial charge is 0.341 e. The number of nitrogens with zero attached hydrogens (tertiary/aromatic N) is 1. The van der Waals surface area contributed by atoms with Crippen LogP contribution in [0.3, 0.4) is 0 Å². The highest BCUT2D eigenvalue weighted by Crippen LogP contribution is 2.38. The Morgan fingerprint density at radius 3 is 2.86 bits per heavy atom. The molecule has 1 aromatic heterocycles. The summed E-state index contributed by atoms with van der Waals surface area (Å²) in [5, 5.41) is 11.8. The molecule has 0 bridgehead atoms. The van der Waals surface area contributed by atoms with Gasteiger partial charge < -0.3 is 10.1 Å². The first-order chi connectivity index (χ1) is 10.1. The van der Waals surface area contributed by atoms with E-state index in [1.807, 2.05) is 6.07 Å². The van der Waals surface area contributed by atoms with Crippen LogP contribution in [-0.4, -0.2) is 18.5 Å². The first-order valence-corrected chi connectivity index (χ1v) is 7.91. The molecule has 0 atom stereocenters. The topological polar surface area (TPSA) is 79.2 Å². The molecule has 1 aliphatic rings. The molecule has 21 heavy (non-hydrogen) atoms. The molecule has 5 nitrogen and oxygen atoms in total. The van der Waals surface area contributed by atoms with Gasteiger partial charge in [-0.2, -0.15) is 5.26 Å². The lowest BCUT2D eigenvalue weighted by atomic mass is 9.95. The fourth-order valence-electron chi connectivity index (χ4n) is 2.42. The SMILES string of the molecule is CC(=O)Nc1sc2c(c1C(=O)OCCCC#N)CCCC2. The van der Waals surface area contributed by atoms with Crippen molar-refractivity contribution in [3.63, 3.8) is 0 Å². The van der Waals surface area contributed by atoms with Crippen LogP contribution in [0.2, 0.25) is 0 Å². The normalized spacial score (nSPS) is 13.1. The van der Waals surface area contributed by atoms with Gasteiger partial charge >= 0.3 is 5.97 Å². The number of amides is 1. The molecule has 1 heterocycles. The van der Waals surface area contributed by atoms with Gasteiger partial charge in [-0.3, -0.25) is 4.79 Å². The maximum atomic E-state index is 12.3. The van der Waals surface area contributed by atoms with E-state index in [0.29, 0.717) is 23.4 Å². The summed E-state index contributed by atoms with van der Waals surface area (Å²) < 4.78 is 5.24. The zero-order valence-electron chi connectivity index (χ0n) is 12.0. The number of nitriles is 1. The van der Waals surface area contributed by atoms with Crippen LogP contribution in [0, 0.1) is 11.3 Å². The van der Waals surface area contributed by atoms with Crippen LogP contribution in [0.15, 0.2) is 0 Å². The number of anilines is 1. The Labute approximate surface area is 127 Å². The molecule has 0 aliphatic heterocycles. The lowest BCUT2D eigenvalue weighted by Gasteiger charge is -2.12. The predicted octanol–water partition coefficient (Wildman–Crippen LogP) is 3.05. The lowest BCUT2D eigenvalue weighted by molar-refractivity contribution is -0.114. The summed E-state index contributed by atoms with van der Waals surface area (Å²) in [5.74, 6) is -0.580. The van der Waals surface area contributed by atoms with Crippen LogP contribution in [0.25, 0.3) is 0 Å². The van der Waals surface area contributed by atoms with Crippen LogP contribution in [0.5, 0.6) is 0 Å². The van der Waals surface area contributed by atoms with Crippen LogP contribution < -0.4 is 5.32 Å². The van der Waals surface area contributed by atoms with E-state index in [9.17, 15) is 9.59 Å². The largest absolute Gasteiger partial charge is 0.462 e. The minimum Gasteiger partial charge on any atom is -0.462 e. The van der Waals surface area contributed by atoms with Gasteiger partial charge in [-0.25, -0.2) is 4.79 Å². The second-order valence-corrected chi connectivity index (χ2v) is 6.10. The molecule has 6 heteroatoms. The minimum absolute atomic E-state index is 0.188. The highest BCUT2D eigenvalue weighted by atomic mass is 32.1. The number of ether oxygens (including phenoxy) is 1. The molecule has 0 unspecified atom stereocenters. The van der Waals surface area contributed by atoms with Crippen molar-refractivity contribution in [1.82, 2.24) is 0 Å². The Hall–Kier alpha value is -1.87. The van der Waals surface area contributed by atoms with Crippen molar-refractivity contribution in [1.29, 1.82) is 5.26 Å². The number of carbonyl (C=O) groups is 2. The number of nitrogens with one attached hydrogen (secondary N) is 1. The van der Waals surface area contributed by atoms with Gasteiger partial charge in [0.15, 0.2) is 0 Å². The standard InChI is InChI=1S/C15H18N2O3S/c1-10(18)17-14-13(15(19)20-9-5-4-8-16)11-6-2-3-7-12(11)21-14/h2-7,9H2,1H3,(H,17,18). The van der Waals surface area contributed by atoms with Crippen molar-refractivity contribution < 1.29 is 14.3 Å². The number of hydrogen-bond donors (Lipinski definition) is 1. The van der Waals surface area contributed by atoms with E-state index < -0.39 is 5.97 Å². The van der Waals surface area contributed by atoms with Crippen molar-refractivity contribution >= 4 is 28.2 Å².